The minimum absolute atomic E-state index is 0.158. The van der Waals surface area contributed by atoms with Gasteiger partial charge in [0.25, 0.3) is 0 Å². The number of aliphatic carboxylic acids is 2. The van der Waals surface area contributed by atoms with Crippen LogP contribution in [0.4, 0.5) is 10.5 Å². The van der Waals surface area contributed by atoms with Gasteiger partial charge in [0.15, 0.2) is 5.92 Å². The van der Waals surface area contributed by atoms with Crippen LogP contribution in [0.2, 0.25) is 0 Å². The highest BCUT2D eigenvalue weighted by Crippen LogP contribution is 2.34. The molecule has 0 fully saturated rings. The first-order valence-electron chi connectivity index (χ1n) is 6.00. The van der Waals surface area contributed by atoms with Gasteiger partial charge < -0.3 is 14.9 Å². The maximum atomic E-state index is 11.4. The van der Waals surface area contributed by atoms with Crippen LogP contribution in [0.3, 0.4) is 0 Å². The molecule has 8 heteroatoms. The molecule has 0 saturated heterocycles. The highest BCUT2D eigenvalue weighted by Gasteiger charge is 2.36. The molecule has 0 spiro atoms. The second-order valence-corrected chi connectivity index (χ2v) is 4.46. The minimum atomic E-state index is -1.84. The summed E-state index contributed by atoms with van der Waals surface area (Å²) < 4.78 is 4.71. The zero-order valence-electron chi connectivity index (χ0n) is 11.1. The number of anilines is 1. The maximum absolute atomic E-state index is 11.4. The smallest absolute Gasteiger partial charge is 0.411 e. The van der Waals surface area contributed by atoms with E-state index in [-0.39, 0.29) is 17.9 Å². The highest BCUT2D eigenvalue weighted by atomic mass is 35.5. The highest BCUT2D eigenvalue weighted by molar-refractivity contribution is 6.24. The van der Waals surface area contributed by atoms with Crippen molar-refractivity contribution in [2.75, 3.05) is 11.9 Å². The van der Waals surface area contributed by atoms with Crippen LogP contribution in [0.1, 0.15) is 17.9 Å². The van der Waals surface area contributed by atoms with Crippen LogP contribution in [0.5, 0.6) is 0 Å². The van der Waals surface area contributed by atoms with Gasteiger partial charge in [-0.15, -0.1) is 11.6 Å². The number of alkyl halides is 1. The predicted molar refractivity (Wildman–Crippen MR) is 74.4 cm³/mol. The Balaban J connectivity index is 3.09. The molecule has 0 aliphatic rings. The van der Waals surface area contributed by atoms with Crippen molar-refractivity contribution in [1.29, 1.82) is 0 Å². The molecule has 0 aromatic heterocycles. The molecule has 1 aromatic rings. The number of para-hydroxylation sites is 1. The number of halogens is 1. The number of hydrogen-bond donors (Lipinski definition) is 3. The van der Waals surface area contributed by atoms with Gasteiger partial charge in [0.2, 0.25) is 0 Å². The number of rotatable bonds is 6. The molecule has 0 unspecified atom stereocenters. The second-order valence-electron chi connectivity index (χ2n) is 3.99. The lowest BCUT2D eigenvalue weighted by atomic mass is 9.97. The third kappa shape index (κ3) is 4.35. The van der Waals surface area contributed by atoms with Crippen LogP contribution in [-0.2, 0) is 14.3 Å². The Morgan fingerprint density at radius 3 is 2.33 bits per heavy atom. The van der Waals surface area contributed by atoms with Crippen molar-refractivity contribution >= 4 is 35.3 Å². The lowest BCUT2D eigenvalue weighted by Crippen LogP contribution is -2.28. The van der Waals surface area contributed by atoms with Gasteiger partial charge in [-0.1, -0.05) is 18.2 Å². The lowest BCUT2D eigenvalue weighted by Gasteiger charge is -2.18. The SMILES string of the molecule is CCOC(=O)Nc1ccccc1[C@@H](Cl)C(C(=O)O)C(=O)O. The van der Waals surface area contributed by atoms with Crippen molar-refractivity contribution < 1.29 is 29.3 Å². The third-order valence-corrected chi connectivity index (χ3v) is 3.08. The summed E-state index contributed by atoms with van der Waals surface area (Å²) in [7, 11) is 0. The summed E-state index contributed by atoms with van der Waals surface area (Å²) in [6.07, 6.45) is -0.740. The number of hydrogen-bond acceptors (Lipinski definition) is 4. The Morgan fingerprint density at radius 1 is 1.24 bits per heavy atom. The Labute approximate surface area is 125 Å². The minimum Gasteiger partial charge on any atom is -0.481 e. The van der Waals surface area contributed by atoms with Crippen molar-refractivity contribution in [3.63, 3.8) is 0 Å². The number of carbonyl (C=O) groups excluding carboxylic acids is 1. The first-order chi connectivity index (χ1) is 9.88. The monoisotopic (exact) mass is 315 g/mol. The Kier molecular flexibility index (Phi) is 5.98. The normalized spacial score (nSPS) is 11.8. The zero-order chi connectivity index (χ0) is 16.0. The number of carboxylic acids is 2. The van der Waals surface area contributed by atoms with Crippen LogP contribution in [0.25, 0.3) is 0 Å². The van der Waals surface area contributed by atoms with Gasteiger partial charge in [0.05, 0.1) is 12.0 Å². The van der Waals surface area contributed by atoms with Crippen molar-refractivity contribution in [2.45, 2.75) is 12.3 Å². The van der Waals surface area contributed by atoms with E-state index in [9.17, 15) is 14.4 Å². The number of carbonyl (C=O) groups is 3. The summed E-state index contributed by atoms with van der Waals surface area (Å²) in [4.78, 5) is 33.4. The molecule has 7 nitrogen and oxygen atoms in total. The second kappa shape index (κ2) is 7.49. The first-order valence-corrected chi connectivity index (χ1v) is 6.44. The molecule has 0 bridgehead atoms. The van der Waals surface area contributed by atoms with Gasteiger partial charge in [-0.2, -0.15) is 0 Å². The predicted octanol–water partition coefficient (Wildman–Crippen LogP) is 2.32. The Bertz CT molecular complexity index is 533. The summed E-state index contributed by atoms with van der Waals surface area (Å²) in [5.74, 6) is -4.96. The van der Waals surface area contributed by atoms with E-state index in [1.54, 1.807) is 19.1 Å². The topological polar surface area (TPSA) is 113 Å². The van der Waals surface area contributed by atoms with Crippen molar-refractivity contribution in [3.05, 3.63) is 29.8 Å². The van der Waals surface area contributed by atoms with Gasteiger partial charge in [-0.25, -0.2) is 4.79 Å². The molecule has 1 atom stereocenters. The number of benzene rings is 1. The molecule has 0 aliphatic carbocycles. The average Bonchev–Trinajstić information content (AvgIpc) is 2.38. The standard InChI is InChI=1S/C13H14ClNO6/c1-2-21-13(20)15-8-6-4-3-5-7(8)10(14)9(11(16)17)12(18)19/h3-6,9-10H,2H2,1H3,(H,15,20)(H,16,17)(H,18,19)/t10-/m1/s1. The van der Waals surface area contributed by atoms with Gasteiger partial charge in [0, 0.05) is 5.69 Å². The number of ether oxygens (including phenoxy) is 1. The Morgan fingerprint density at radius 2 is 1.81 bits per heavy atom. The van der Waals surface area contributed by atoms with Crippen LogP contribution in [0, 0.1) is 5.92 Å². The fourth-order valence-corrected chi connectivity index (χ4v) is 2.07. The lowest BCUT2D eigenvalue weighted by molar-refractivity contribution is -0.154. The van der Waals surface area contributed by atoms with E-state index < -0.39 is 29.3 Å². The fraction of sp³-hybridized carbons (Fsp3) is 0.308. The van der Waals surface area contributed by atoms with E-state index >= 15 is 0 Å². The summed E-state index contributed by atoms with van der Waals surface area (Å²) in [5, 5.41) is 19.0. The molecule has 3 N–H and O–H groups in total. The maximum Gasteiger partial charge on any atom is 0.411 e. The summed E-state index contributed by atoms with van der Waals surface area (Å²) in [6, 6.07) is 6.06. The number of nitrogens with one attached hydrogen (secondary N) is 1. The molecular formula is C13H14ClNO6. The van der Waals surface area contributed by atoms with E-state index in [1.165, 1.54) is 12.1 Å². The number of amides is 1. The molecule has 1 amide bonds. The summed E-state index contributed by atoms with van der Waals surface area (Å²) >= 11 is 5.97. The van der Waals surface area contributed by atoms with Crippen molar-refractivity contribution in [2.24, 2.45) is 5.92 Å². The fourth-order valence-electron chi connectivity index (χ4n) is 1.66. The molecule has 0 saturated carbocycles. The molecule has 1 rings (SSSR count). The van der Waals surface area contributed by atoms with Crippen LogP contribution < -0.4 is 5.32 Å². The molecule has 0 radical (unpaired) electrons. The molecule has 21 heavy (non-hydrogen) atoms. The summed E-state index contributed by atoms with van der Waals surface area (Å²) in [6.45, 7) is 1.78. The van der Waals surface area contributed by atoms with Crippen LogP contribution in [-0.4, -0.2) is 34.9 Å². The average molecular weight is 316 g/mol. The first kappa shape index (κ1) is 16.8. The third-order valence-electron chi connectivity index (χ3n) is 2.59. The van der Waals surface area contributed by atoms with E-state index in [4.69, 9.17) is 26.6 Å². The van der Waals surface area contributed by atoms with Gasteiger partial charge >= 0.3 is 18.0 Å². The van der Waals surface area contributed by atoms with Crippen LogP contribution >= 0.6 is 11.6 Å². The Hall–Kier alpha value is -2.28. The number of carboxylic acid groups (broad SMARTS) is 2. The van der Waals surface area contributed by atoms with E-state index in [2.05, 4.69) is 5.32 Å². The van der Waals surface area contributed by atoms with E-state index in [1.807, 2.05) is 0 Å². The van der Waals surface area contributed by atoms with Gasteiger partial charge in [-0.3, -0.25) is 14.9 Å². The van der Waals surface area contributed by atoms with Crippen LogP contribution in [0.15, 0.2) is 24.3 Å². The molecule has 0 aliphatic heterocycles. The molecule has 0 heterocycles. The quantitative estimate of drug-likeness (QED) is 0.548. The zero-order valence-corrected chi connectivity index (χ0v) is 11.8. The largest absolute Gasteiger partial charge is 0.481 e. The van der Waals surface area contributed by atoms with Crippen molar-refractivity contribution in [3.8, 4) is 0 Å². The molecular weight excluding hydrogens is 302 g/mol. The molecule has 114 valence electrons. The van der Waals surface area contributed by atoms with Gasteiger partial charge in [-0.05, 0) is 18.6 Å². The van der Waals surface area contributed by atoms with Crippen molar-refractivity contribution in [1.82, 2.24) is 0 Å². The summed E-state index contributed by atoms with van der Waals surface area (Å²) in [5.41, 5.74) is 0.380. The van der Waals surface area contributed by atoms with E-state index in [0.717, 1.165) is 0 Å². The van der Waals surface area contributed by atoms with Gasteiger partial charge in [0.1, 0.15) is 0 Å². The molecule has 1 aromatic carbocycles. The van der Waals surface area contributed by atoms with E-state index in [0.29, 0.717) is 0 Å².